The van der Waals surface area contributed by atoms with Crippen LogP contribution in [0.15, 0.2) is 66.7 Å². The standard InChI is InChI=1S/C21H17Cl3N2O3S/c1-30(28,29)26(13-15-4-2-3-5-18(15)22)17-9-6-14(7-10-17)21(27)25-16-8-11-19(23)20(24)12-16/h2-12H,13H2,1H3,(H,25,27). The van der Waals surface area contributed by atoms with Gasteiger partial charge in [-0.3, -0.25) is 9.10 Å². The molecule has 0 aliphatic heterocycles. The first-order chi connectivity index (χ1) is 14.1. The van der Waals surface area contributed by atoms with Crippen molar-refractivity contribution in [3.05, 3.63) is 92.9 Å². The highest BCUT2D eigenvalue weighted by Crippen LogP contribution is 2.27. The second-order valence-electron chi connectivity index (χ2n) is 6.49. The third-order valence-electron chi connectivity index (χ3n) is 4.27. The number of hydrogen-bond acceptors (Lipinski definition) is 3. The van der Waals surface area contributed by atoms with Gasteiger partial charge in [-0.2, -0.15) is 0 Å². The smallest absolute Gasteiger partial charge is 0.255 e. The molecule has 9 heteroatoms. The van der Waals surface area contributed by atoms with E-state index in [1.807, 2.05) is 0 Å². The number of sulfonamides is 1. The third-order valence-corrected chi connectivity index (χ3v) is 6.52. The Labute approximate surface area is 190 Å². The van der Waals surface area contributed by atoms with Crippen molar-refractivity contribution < 1.29 is 13.2 Å². The van der Waals surface area contributed by atoms with Crippen LogP contribution in [-0.2, 0) is 16.6 Å². The van der Waals surface area contributed by atoms with E-state index in [0.717, 1.165) is 6.26 Å². The summed E-state index contributed by atoms with van der Waals surface area (Å²) in [5.41, 5.74) is 1.94. The van der Waals surface area contributed by atoms with Crippen LogP contribution in [0.25, 0.3) is 0 Å². The topological polar surface area (TPSA) is 66.5 Å². The Balaban J connectivity index is 1.81. The van der Waals surface area contributed by atoms with Gasteiger partial charge in [-0.1, -0.05) is 53.0 Å². The molecule has 0 heterocycles. The van der Waals surface area contributed by atoms with Crippen molar-refractivity contribution in [2.24, 2.45) is 0 Å². The fraction of sp³-hybridized carbons (Fsp3) is 0.0952. The van der Waals surface area contributed by atoms with Crippen LogP contribution in [0.5, 0.6) is 0 Å². The van der Waals surface area contributed by atoms with Gasteiger partial charge in [-0.05, 0) is 54.1 Å². The third kappa shape index (κ3) is 5.46. The summed E-state index contributed by atoms with van der Waals surface area (Å²) in [6.07, 6.45) is 1.12. The van der Waals surface area contributed by atoms with Gasteiger partial charge in [-0.25, -0.2) is 8.42 Å². The molecule has 0 aliphatic rings. The van der Waals surface area contributed by atoms with Crippen LogP contribution < -0.4 is 9.62 Å². The Hall–Kier alpha value is -2.25. The molecule has 3 rings (SSSR count). The maximum atomic E-state index is 12.5. The van der Waals surface area contributed by atoms with Crippen molar-refractivity contribution >= 4 is 62.1 Å². The summed E-state index contributed by atoms with van der Waals surface area (Å²) >= 11 is 18.0. The lowest BCUT2D eigenvalue weighted by molar-refractivity contribution is 0.102. The van der Waals surface area contributed by atoms with E-state index in [4.69, 9.17) is 34.8 Å². The zero-order valence-electron chi connectivity index (χ0n) is 15.8. The van der Waals surface area contributed by atoms with Crippen LogP contribution in [0, 0.1) is 0 Å². The van der Waals surface area contributed by atoms with Crippen LogP contribution in [0.1, 0.15) is 15.9 Å². The highest BCUT2D eigenvalue weighted by molar-refractivity contribution is 7.92. The molecule has 156 valence electrons. The van der Waals surface area contributed by atoms with Crippen LogP contribution in [0.3, 0.4) is 0 Å². The average molecular weight is 484 g/mol. The first kappa shape index (κ1) is 22.4. The van der Waals surface area contributed by atoms with Gasteiger partial charge < -0.3 is 5.32 Å². The van der Waals surface area contributed by atoms with Gasteiger partial charge in [0.05, 0.1) is 28.5 Å². The fourth-order valence-electron chi connectivity index (χ4n) is 2.74. The predicted octanol–water partition coefficient (Wildman–Crippen LogP) is 5.87. The molecule has 0 bridgehead atoms. The zero-order valence-corrected chi connectivity index (χ0v) is 18.9. The lowest BCUT2D eigenvalue weighted by Gasteiger charge is -2.23. The number of carbonyl (C=O) groups is 1. The summed E-state index contributed by atoms with van der Waals surface area (Å²) in [4.78, 5) is 12.5. The van der Waals surface area contributed by atoms with E-state index in [2.05, 4.69) is 5.32 Å². The van der Waals surface area contributed by atoms with Crippen LogP contribution in [0.4, 0.5) is 11.4 Å². The van der Waals surface area contributed by atoms with Crippen LogP contribution >= 0.6 is 34.8 Å². The summed E-state index contributed by atoms with van der Waals surface area (Å²) < 4.78 is 25.9. The first-order valence-electron chi connectivity index (χ1n) is 8.73. The number of carbonyl (C=O) groups excluding carboxylic acids is 1. The van der Waals surface area contributed by atoms with Crippen molar-refractivity contribution in [1.82, 2.24) is 0 Å². The maximum absolute atomic E-state index is 12.5. The van der Waals surface area contributed by atoms with Crippen molar-refractivity contribution in [2.45, 2.75) is 6.54 Å². The second kappa shape index (κ2) is 9.27. The van der Waals surface area contributed by atoms with E-state index in [1.54, 1.807) is 66.7 Å². The Morgan fingerprint density at radius 1 is 0.900 bits per heavy atom. The lowest BCUT2D eigenvalue weighted by atomic mass is 10.1. The molecule has 0 aliphatic carbocycles. The summed E-state index contributed by atoms with van der Waals surface area (Å²) in [6, 6.07) is 18.0. The number of benzene rings is 3. The van der Waals surface area contributed by atoms with Gasteiger partial charge in [0.15, 0.2) is 0 Å². The van der Waals surface area contributed by atoms with E-state index in [9.17, 15) is 13.2 Å². The molecule has 1 amide bonds. The molecule has 3 aromatic carbocycles. The Bertz CT molecular complexity index is 1180. The number of nitrogens with zero attached hydrogens (tertiary/aromatic N) is 1. The normalized spacial score (nSPS) is 11.2. The van der Waals surface area contributed by atoms with Crippen molar-refractivity contribution in [3.8, 4) is 0 Å². The first-order valence-corrected chi connectivity index (χ1v) is 11.7. The minimum Gasteiger partial charge on any atom is -0.322 e. The van der Waals surface area contributed by atoms with Crippen LogP contribution in [0.2, 0.25) is 15.1 Å². The number of hydrogen-bond donors (Lipinski definition) is 1. The minimum atomic E-state index is -3.58. The molecule has 0 spiro atoms. The van der Waals surface area contributed by atoms with Crippen molar-refractivity contribution in [1.29, 1.82) is 0 Å². The van der Waals surface area contributed by atoms with Gasteiger partial charge >= 0.3 is 0 Å². The molecule has 5 nitrogen and oxygen atoms in total. The van der Waals surface area contributed by atoms with E-state index in [1.165, 1.54) is 4.31 Å². The summed E-state index contributed by atoms with van der Waals surface area (Å²) in [6.45, 7) is 0.0767. The van der Waals surface area contributed by atoms with Gasteiger partial charge in [0.1, 0.15) is 0 Å². The van der Waals surface area contributed by atoms with Gasteiger partial charge in [0.2, 0.25) is 10.0 Å². The minimum absolute atomic E-state index is 0.0767. The summed E-state index contributed by atoms with van der Waals surface area (Å²) in [5, 5.41) is 3.91. The monoisotopic (exact) mass is 482 g/mol. The van der Waals surface area contributed by atoms with E-state index in [-0.39, 0.29) is 12.5 Å². The second-order valence-corrected chi connectivity index (χ2v) is 9.62. The van der Waals surface area contributed by atoms with Crippen molar-refractivity contribution in [3.63, 3.8) is 0 Å². The van der Waals surface area contributed by atoms with Gasteiger partial charge in [0, 0.05) is 16.3 Å². The average Bonchev–Trinajstić information content (AvgIpc) is 2.69. The molecule has 3 aromatic rings. The highest BCUT2D eigenvalue weighted by atomic mass is 35.5. The fourth-order valence-corrected chi connectivity index (χ4v) is 4.11. The molecule has 1 N–H and O–H groups in total. The molecule has 0 aromatic heterocycles. The van der Waals surface area contributed by atoms with E-state index in [0.29, 0.717) is 37.6 Å². The number of anilines is 2. The molecule has 0 fully saturated rings. The van der Waals surface area contributed by atoms with E-state index >= 15 is 0 Å². The largest absolute Gasteiger partial charge is 0.322 e. The SMILES string of the molecule is CS(=O)(=O)N(Cc1ccccc1Cl)c1ccc(C(=O)Nc2ccc(Cl)c(Cl)c2)cc1. The summed E-state index contributed by atoms with van der Waals surface area (Å²) in [7, 11) is -3.58. The number of rotatable bonds is 6. The zero-order chi connectivity index (χ0) is 21.9. The Morgan fingerprint density at radius 3 is 2.17 bits per heavy atom. The number of halogens is 3. The number of nitrogens with one attached hydrogen (secondary N) is 1. The van der Waals surface area contributed by atoms with Gasteiger partial charge in [-0.15, -0.1) is 0 Å². The number of amides is 1. The van der Waals surface area contributed by atoms with Crippen molar-refractivity contribution in [2.75, 3.05) is 15.9 Å². The Morgan fingerprint density at radius 2 is 1.57 bits per heavy atom. The molecule has 0 atom stereocenters. The lowest BCUT2D eigenvalue weighted by Crippen LogP contribution is -2.29. The van der Waals surface area contributed by atoms with Crippen LogP contribution in [-0.4, -0.2) is 20.6 Å². The molecule has 0 radical (unpaired) electrons. The molecule has 0 unspecified atom stereocenters. The molecule has 30 heavy (non-hydrogen) atoms. The molecular weight excluding hydrogens is 467 g/mol. The highest BCUT2D eigenvalue weighted by Gasteiger charge is 2.19. The maximum Gasteiger partial charge on any atom is 0.255 e. The quantitative estimate of drug-likeness (QED) is 0.477. The summed E-state index contributed by atoms with van der Waals surface area (Å²) in [5.74, 6) is -0.364. The Kier molecular flexibility index (Phi) is 6.93. The molecule has 0 saturated heterocycles. The molecule has 0 saturated carbocycles. The molecular formula is C21H17Cl3N2O3S. The van der Waals surface area contributed by atoms with E-state index < -0.39 is 10.0 Å². The van der Waals surface area contributed by atoms with Gasteiger partial charge in [0.25, 0.3) is 5.91 Å². The predicted molar refractivity (Wildman–Crippen MR) is 123 cm³/mol.